The fourth-order valence-electron chi connectivity index (χ4n) is 2.73. The second-order valence-electron chi connectivity index (χ2n) is 5.70. The SMILES string of the molecule is CC(C)c1ccc2c(c1)OC1(CCC1)C(=O)N2C. The molecule has 0 atom stereocenters. The number of ether oxygens (including phenoxy) is 1. The summed E-state index contributed by atoms with van der Waals surface area (Å²) in [6.45, 7) is 4.33. The Morgan fingerprint density at radius 3 is 2.61 bits per heavy atom. The van der Waals surface area contributed by atoms with Crippen molar-refractivity contribution >= 4 is 11.6 Å². The number of rotatable bonds is 1. The number of amides is 1. The van der Waals surface area contributed by atoms with E-state index in [1.54, 1.807) is 4.90 Å². The van der Waals surface area contributed by atoms with Gasteiger partial charge in [-0.2, -0.15) is 0 Å². The largest absolute Gasteiger partial charge is 0.475 e. The molecule has 1 aliphatic carbocycles. The van der Waals surface area contributed by atoms with Crippen LogP contribution in [0.15, 0.2) is 18.2 Å². The van der Waals surface area contributed by atoms with E-state index in [2.05, 4.69) is 26.0 Å². The molecule has 3 heteroatoms. The Hall–Kier alpha value is -1.51. The number of fused-ring (bicyclic) bond motifs is 1. The third kappa shape index (κ3) is 1.46. The van der Waals surface area contributed by atoms with Crippen molar-refractivity contribution in [1.29, 1.82) is 0 Å². The topological polar surface area (TPSA) is 29.5 Å². The molecule has 3 nitrogen and oxygen atoms in total. The second-order valence-corrected chi connectivity index (χ2v) is 5.70. The van der Waals surface area contributed by atoms with Crippen molar-refractivity contribution in [1.82, 2.24) is 0 Å². The molecule has 0 aromatic heterocycles. The number of hydrogen-bond donors (Lipinski definition) is 0. The van der Waals surface area contributed by atoms with Crippen molar-refractivity contribution in [2.24, 2.45) is 0 Å². The third-order valence-electron chi connectivity index (χ3n) is 4.17. The molecule has 2 aliphatic rings. The first kappa shape index (κ1) is 11.6. The van der Waals surface area contributed by atoms with E-state index in [-0.39, 0.29) is 5.91 Å². The number of likely N-dealkylation sites (N-methyl/N-ethyl adjacent to an activating group) is 1. The van der Waals surface area contributed by atoms with Gasteiger partial charge in [0.2, 0.25) is 0 Å². The lowest BCUT2D eigenvalue weighted by atomic mass is 9.78. The number of nitrogens with zero attached hydrogens (tertiary/aromatic N) is 1. The van der Waals surface area contributed by atoms with Crippen molar-refractivity contribution < 1.29 is 9.53 Å². The predicted molar refractivity (Wildman–Crippen MR) is 71.2 cm³/mol. The number of hydrogen-bond acceptors (Lipinski definition) is 2. The van der Waals surface area contributed by atoms with Crippen LogP contribution in [0.4, 0.5) is 5.69 Å². The first-order valence-corrected chi connectivity index (χ1v) is 6.65. The molecule has 96 valence electrons. The van der Waals surface area contributed by atoms with Crippen LogP contribution in [0, 0.1) is 0 Å². The molecular formula is C15H19NO2. The first-order chi connectivity index (χ1) is 8.53. The molecule has 1 aromatic carbocycles. The van der Waals surface area contributed by atoms with Crippen molar-refractivity contribution in [2.75, 3.05) is 11.9 Å². The Morgan fingerprint density at radius 2 is 2.06 bits per heavy atom. The van der Waals surface area contributed by atoms with Crippen molar-refractivity contribution in [3.8, 4) is 5.75 Å². The van der Waals surface area contributed by atoms with Crippen LogP contribution < -0.4 is 9.64 Å². The lowest BCUT2D eigenvalue weighted by molar-refractivity contribution is -0.142. The standard InChI is InChI=1S/C15H19NO2/c1-10(2)11-5-6-12-13(9-11)18-15(7-4-8-15)14(17)16(12)3/h5-6,9-10H,4,7-8H2,1-3H3. The van der Waals surface area contributed by atoms with Crippen LogP contribution in [0.3, 0.4) is 0 Å². The van der Waals surface area contributed by atoms with E-state index in [1.807, 2.05) is 13.1 Å². The van der Waals surface area contributed by atoms with Crippen LogP contribution in [-0.2, 0) is 4.79 Å². The highest BCUT2D eigenvalue weighted by Crippen LogP contribution is 2.46. The van der Waals surface area contributed by atoms with Crippen molar-refractivity contribution in [3.05, 3.63) is 23.8 Å². The Labute approximate surface area is 108 Å². The fourth-order valence-corrected chi connectivity index (χ4v) is 2.73. The van der Waals surface area contributed by atoms with E-state index >= 15 is 0 Å². The molecular weight excluding hydrogens is 226 g/mol. The van der Waals surface area contributed by atoms with Crippen LogP contribution >= 0.6 is 0 Å². The van der Waals surface area contributed by atoms with Gasteiger partial charge in [-0.25, -0.2) is 0 Å². The zero-order valence-electron chi connectivity index (χ0n) is 11.2. The molecule has 1 spiro atoms. The minimum absolute atomic E-state index is 0.110. The lowest BCUT2D eigenvalue weighted by Gasteiger charge is -2.46. The first-order valence-electron chi connectivity index (χ1n) is 6.65. The van der Waals surface area contributed by atoms with Gasteiger partial charge in [-0.3, -0.25) is 4.79 Å². The van der Waals surface area contributed by atoms with Gasteiger partial charge in [0, 0.05) is 7.05 Å². The zero-order chi connectivity index (χ0) is 12.9. The quantitative estimate of drug-likeness (QED) is 0.761. The van der Waals surface area contributed by atoms with Gasteiger partial charge in [0.25, 0.3) is 5.91 Å². The molecule has 1 amide bonds. The Balaban J connectivity index is 2.05. The highest BCUT2D eigenvalue weighted by Gasteiger charge is 2.51. The van der Waals surface area contributed by atoms with Gasteiger partial charge in [0.1, 0.15) is 5.75 Å². The average molecular weight is 245 g/mol. The number of anilines is 1. The Morgan fingerprint density at radius 1 is 1.33 bits per heavy atom. The molecule has 1 heterocycles. The van der Waals surface area contributed by atoms with Gasteiger partial charge >= 0.3 is 0 Å². The molecule has 0 radical (unpaired) electrons. The second kappa shape index (κ2) is 3.74. The van der Waals surface area contributed by atoms with Crippen LogP contribution in [0.25, 0.3) is 0 Å². The summed E-state index contributed by atoms with van der Waals surface area (Å²) in [5.41, 5.74) is 1.59. The summed E-state index contributed by atoms with van der Waals surface area (Å²) in [4.78, 5) is 14.1. The molecule has 18 heavy (non-hydrogen) atoms. The van der Waals surface area contributed by atoms with E-state index in [1.165, 1.54) is 5.56 Å². The Bertz CT molecular complexity index is 503. The summed E-state index contributed by atoms with van der Waals surface area (Å²) in [7, 11) is 1.85. The monoisotopic (exact) mass is 245 g/mol. The molecule has 1 aliphatic heterocycles. The van der Waals surface area contributed by atoms with E-state index in [4.69, 9.17) is 4.74 Å². The number of benzene rings is 1. The van der Waals surface area contributed by atoms with Crippen molar-refractivity contribution in [3.63, 3.8) is 0 Å². The van der Waals surface area contributed by atoms with Crippen LogP contribution in [-0.4, -0.2) is 18.6 Å². The number of carbonyl (C=O) groups excluding carboxylic acids is 1. The summed E-state index contributed by atoms with van der Waals surface area (Å²) in [6.07, 6.45) is 2.78. The van der Waals surface area contributed by atoms with E-state index in [0.717, 1.165) is 30.7 Å². The van der Waals surface area contributed by atoms with E-state index in [0.29, 0.717) is 5.92 Å². The highest BCUT2D eigenvalue weighted by atomic mass is 16.5. The molecule has 0 bridgehead atoms. The van der Waals surface area contributed by atoms with Gasteiger partial charge in [-0.15, -0.1) is 0 Å². The third-order valence-corrected chi connectivity index (χ3v) is 4.17. The van der Waals surface area contributed by atoms with Gasteiger partial charge in [-0.1, -0.05) is 19.9 Å². The zero-order valence-corrected chi connectivity index (χ0v) is 11.2. The fraction of sp³-hybridized carbons (Fsp3) is 0.533. The minimum atomic E-state index is -0.558. The lowest BCUT2D eigenvalue weighted by Crippen LogP contribution is -2.59. The van der Waals surface area contributed by atoms with E-state index in [9.17, 15) is 4.79 Å². The molecule has 0 unspecified atom stereocenters. The summed E-state index contributed by atoms with van der Waals surface area (Å²) in [5.74, 6) is 1.45. The Kier molecular flexibility index (Phi) is 2.40. The summed E-state index contributed by atoms with van der Waals surface area (Å²) >= 11 is 0. The normalized spacial score (nSPS) is 20.7. The molecule has 1 fully saturated rings. The van der Waals surface area contributed by atoms with E-state index < -0.39 is 5.60 Å². The maximum atomic E-state index is 12.3. The van der Waals surface area contributed by atoms with Gasteiger partial charge in [0.15, 0.2) is 5.60 Å². The molecule has 0 N–H and O–H groups in total. The van der Waals surface area contributed by atoms with Gasteiger partial charge in [0.05, 0.1) is 5.69 Å². The number of carbonyl (C=O) groups is 1. The van der Waals surface area contributed by atoms with Crippen LogP contribution in [0.2, 0.25) is 0 Å². The average Bonchev–Trinajstić information content (AvgIpc) is 2.31. The van der Waals surface area contributed by atoms with Crippen molar-refractivity contribution in [2.45, 2.75) is 44.6 Å². The van der Waals surface area contributed by atoms with Gasteiger partial charge < -0.3 is 9.64 Å². The highest BCUT2D eigenvalue weighted by molar-refractivity contribution is 6.03. The summed E-state index contributed by atoms with van der Waals surface area (Å²) < 4.78 is 6.04. The molecule has 3 rings (SSSR count). The molecule has 1 aromatic rings. The smallest absolute Gasteiger partial charge is 0.271 e. The van der Waals surface area contributed by atoms with Gasteiger partial charge in [-0.05, 0) is 42.9 Å². The molecule has 0 saturated heterocycles. The maximum Gasteiger partial charge on any atom is 0.271 e. The molecule has 1 saturated carbocycles. The predicted octanol–water partition coefficient (Wildman–Crippen LogP) is 3.09. The van der Waals surface area contributed by atoms with Crippen LogP contribution in [0.1, 0.15) is 44.6 Å². The maximum absolute atomic E-state index is 12.3. The summed E-state index contributed by atoms with van der Waals surface area (Å²) in [6, 6.07) is 6.16. The van der Waals surface area contributed by atoms with Crippen LogP contribution in [0.5, 0.6) is 5.75 Å². The minimum Gasteiger partial charge on any atom is -0.475 e. The summed E-state index contributed by atoms with van der Waals surface area (Å²) in [5, 5.41) is 0.